The minimum Gasteiger partial charge on any atom is -0.260 e. The number of benzene rings is 1. The normalized spacial score (nSPS) is 27.7. The van der Waals surface area contributed by atoms with Crippen molar-refractivity contribution >= 4 is 23.4 Å². The zero-order chi connectivity index (χ0) is 35.0. The van der Waals surface area contributed by atoms with Crippen LogP contribution in [0.1, 0.15) is 146 Å². The lowest BCUT2D eigenvalue weighted by atomic mass is 9.71. The van der Waals surface area contributed by atoms with Crippen LogP contribution >= 0.6 is 0 Å². The second-order valence-electron chi connectivity index (χ2n) is 16.2. The average Bonchev–Trinajstić information content (AvgIpc) is 3.21. The Morgan fingerprint density at radius 1 is 0.731 bits per heavy atom. The lowest BCUT2D eigenvalue weighted by molar-refractivity contribution is 0.586. The maximum absolute atomic E-state index is 5.35. The van der Waals surface area contributed by atoms with E-state index in [1.54, 1.807) is 16.7 Å². The van der Waals surface area contributed by atoms with Crippen LogP contribution in [0.3, 0.4) is 0 Å². The van der Waals surface area contributed by atoms with Crippen LogP contribution in [0, 0.1) is 5.92 Å². The fourth-order valence-corrected chi connectivity index (χ4v) is 9.68. The van der Waals surface area contributed by atoms with Gasteiger partial charge in [-0.1, -0.05) is 105 Å². The van der Waals surface area contributed by atoms with E-state index in [1.807, 2.05) is 0 Å². The summed E-state index contributed by atoms with van der Waals surface area (Å²) in [6, 6.07) is 7.47. The molecule has 52 heavy (non-hydrogen) atoms. The van der Waals surface area contributed by atoms with E-state index in [9.17, 15) is 0 Å². The fourth-order valence-electron chi connectivity index (χ4n) is 9.68. The summed E-state index contributed by atoms with van der Waals surface area (Å²) < 4.78 is 0. The third-order valence-corrected chi connectivity index (χ3v) is 12.6. The fraction of sp³-hybridized carbons (Fsp3) is 0.360. The van der Waals surface area contributed by atoms with Crippen molar-refractivity contribution in [2.24, 2.45) is 10.9 Å². The van der Waals surface area contributed by atoms with E-state index in [1.165, 1.54) is 63.9 Å². The van der Waals surface area contributed by atoms with Gasteiger partial charge in [-0.05, 0) is 156 Å². The molecule has 262 valence electrons. The maximum atomic E-state index is 5.35. The lowest BCUT2D eigenvalue weighted by Gasteiger charge is -2.33. The molecule has 7 aliphatic rings. The molecule has 2 heteroatoms. The van der Waals surface area contributed by atoms with Gasteiger partial charge in [-0.2, -0.15) is 0 Å². The van der Waals surface area contributed by atoms with Gasteiger partial charge >= 0.3 is 0 Å². The Bertz CT molecular complexity index is 2110. The van der Waals surface area contributed by atoms with Crippen LogP contribution < -0.4 is 0 Å². The number of hydrogen-bond donors (Lipinski definition) is 0. The van der Waals surface area contributed by atoms with Crippen LogP contribution in [-0.4, -0.2) is 11.2 Å². The zero-order valence-electron chi connectivity index (χ0n) is 31.0. The minimum absolute atomic E-state index is 0.225. The molecule has 9 rings (SSSR count). The zero-order valence-corrected chi connectivity index (χ0v) is 31.0. The molecule has 2 aromatic rings. The van der Waals surface area contributed by atoms with Crippen LogP contribution in [0.15, 0.2) is 125 Å². The second kappa shape index (κ2) is 14.5. The first kappa shape index (κ1) is 33.3. The Balaban J connectivity index is 1.17. The molecule has 0 bridgehead atoms. The molecule has 0 spiro atoms. The quantitative estimate of drug-likeness (QED) is 0.298. The number of aromatic nitrogens is 1. The maximum Gasteiger partial charge on any atom is 0.0705 e. The van der Waals surface area contributed by atoms with Crippen molar-refractivity contribution < 1.29 is 0 Å². The van der Waals surface area contributed by atoms with Gasteiger partial charge in [-0.3, -0.25) is 9.98 Å². The Kier molecular flexibility index (Phi) is 9.25. The second-order valence-corrected chi connectivity index (χ2v) is 16.2. The summed E-state index contributed by atoms with van der Waals surface area (Å²) in [7, 11) is 0. The first-order valence-corrected chi connectivity index (χ1v) is 20.2. The van der Waals surface area contributed by atoms with Gasteiger partial charge in [-0.15, -0.1) is 0 Å². The minimum atomic E-state index is 0.225. The van der Waals surface area contributed by atoms with Gasteiger partial charge in [0.15, 0.2) is 0 Å². The molecule has 1 aromatic heterocycles. The monoisotopic (exact) mass is 680 g/mol. The van der Waals surface area contributed by atoms with Gasteiger partial charge in [0.2, 0.25) is 0 Å². The van der Waals surface area contributed by atoms with Crippen LogP contribution in [0.4, 0.5) is 0 Å². The molecule has 0 fully saturated rings. The SMILES string of the molecule is CC1CCCc2c1cc(C1=CC(C3=CCC(C4=CCCC=C4)C=N3)=CC(c3cc(C4=CCCC=C4)nc(C4C=CC=CC4)c3)C1)c1c2C=CCC1C. The van der Waals surface area contributed by atoms with E-state index in [2.05, 4.69) is 129 Å². The van der Waals surface area contributed by atoms with E-state index in [4.69, 9.17) is 9.98 Å². The first-order chi connectivity index (χ1) is 25.6. The number of nitrogens with zero attached hydrogens (tertiary/aromatic N) is 2. The number of hydrogen-bond acceptors (Lipinski definition) is 2. The van der Waals surface area contributed by atoms with Crippen molar-refractivity contribution in [3.63, 3.8) is 0 Å². The topological polar surface area (TPSA) is 25.2 Å². The van der Waals surface area contributed by atoms with Gasteiger partial charge in [0.05, 0.1) is 11.4 Å². The summed E-state index contributed by atoms with van der Waals surface area (Å²) in [5.41, 5.74) is 18.0. The van der Waals surface area contributed by atoms with E-state index in [-0.39, 0.29) is 5.92 Å². The highest BCUT2D eigenvalue weighted by molar-refractivity contribution is 5.82. The summed E-state index contributed by atoms with van der Waals surface area (Å²) >= 11 is 0. The average molecular weight is 681 g/mol. The molecule has 5 unspecified atom stereocenters. The summed E-state index contributed by atoms with van der Waals surface area (Å²) in [6.45, 7) is 4.90. The van der Waals surface area contributed by atoms with Crippen LogP contribution in [0.5, 0.6) is 0 Å². The molecule has 2 heterocycles. The molecule has 5 atom stereocenters. The smallest absolute Gasteiger partial charge is 0.0705 e. The summed E-state index contributed by atoms with van der Waals surface area (Å²) in [5, 5.41) is 0. The van der Waals surface area contributed by atoms with Crippen molar-refractivity contribution in [1.29, 1.82) is 0 Å². The van der Waals surface area contributed by atoms with Crippen LogP contribution in [-0.2, 0) is 6.42 Å². The molecule has 1 aromatic carbocycles. The summed E-state index contributed by atoms with van der Waals surface area (Å²) in [6.07, 6.45) is 49.9. The van der Waals surface area contributed by atoms with Crippen molar-refractivity contribution in [2.75, 3.05) is 0 Å². The Morgan fingerprint density at radius 3 is 2.42 bits per heavy atom. The van der Waals surface area contributed by atoms with Crippen molar-refractivity contribution in [3.8, 4) is 0 Å². The standard InChI is InChI=1S/C50H52N2/c1-33-14-12-22-43-44-23-13-15-34(2)50(44)46(31-45(33)43)41-26-39(27-42(28-41)47-25-24-38(32-51-47)35-16-6-3-7-17-35)40-29-48(36-18-8-4-9-19-36)52-49(30-40)37-20-10-5-11-21-37/h4,6,8-10,13,16-18,20-21,23,25,27-34,36,38-39H,3,5,7,11-12,14-15,19,22,24,26H2,1-2H3. The van der Waals surface area contributed by atoms with Crippen LogP contribution in [0.2, 0.25) is 0 Å². The van der Waals surface area contributed by atoms with E-state index < -0.39 is 0 Å². The molecule has 0 saturated carbocycles. The van der Waals surface area contributed by atoms with Crippen molar-refractivity contribution in [1.82, 2.24) is 4.98 Å². The molecule has 0 radical (unpaired) electrons. The predicted octanol–water partition coefficient (Wildman–Crippen LogP) is 13.1. The van der Waals surface area contributed by atoms with Crippen LogP contribution in [0.25, 0.3) is 17.2 Å². The van der Waals surface area contributed by atoms with Crippen molar-refractivity contribution in [2.45, 2.75) is 108 Å². The number of pyridine rings is 1. The predicted molar refractivity (Wildman–Crippen MR) is 221 cm³/mol. The molecular weight excluding hydrogens is 629 g/mol. The Hall–Kier alpha value is -4.56. The molecule has 6 aliphatic carbocycles. The summed E-state index contributed by atoms with van der Waals surface area (Å²) in [4.78, 5) is 10.6. The highest BCUT2D eigenvalue weighted by Crippen LogP contribution is 2.48. The van der Waals surface area contributed by atoms with Crippen molar-refractivity contribution in [3.05, 3.63) is 165 Å². The van der Waals surface area contributed by atoms with Gasteiger partial charge in [0.1, 0.15) is 0 Å². The van der Waals surface area contributed by atoms with Gasteiger partial charge < -0.3 is 0 Å². The molecule has 2 nitrogen and oxygen atoms in total. The van der Waals surface area contributed by atoms with E-state index >= 15 is 0 Å². The highest BCUT2D eigenvalue weighted by Gasteiger charge is 2.31. The number of aliphatic imine (C=N–C) groups is 1. The van der Waals surface area contributed by atoms with E-state index in [0.717, 1.165) is 62.8 Å². The highest BCUT2D eigenvalue weighted by atomic mass is 14.8. The van der Waals surface area contributed by atoms with Gasteiger partial charge in [0.25, 0.3) is 0 Å². The summed E-state index contributed by atoms with van der Waals surface area (Å²) in [5.74, 6) is 1.99. The molecule has 0 amide bonds. The number of fused-ring (bicyclic) bond motifs is 3. The number of rotatable bonds is 6. The largest absolute Gasteiger partial charge is 0.260 e. The third-order valence-electron chi connectivity index (χ3n) is 12.6. The lowest BCUT2D eigenvalue weighted by Crippen LogP contribution is -2.17. The molecule has 1 aliphatic heterocycles. The van der Waals surface area contributed by atoms with Gasteiger partial charge in [-0.25, -0.2) is 0 Å². The molecule has 0 saturated heterocycles. The molecular formula is C50H52N2. The van der Waals surface area contributed by atoms with E-state index in [0.29, 0.717) is 23.7 Å². The first-order valence-electron chi connectivity index (χ1n) is 20.2. The Labute approximate surface area is 311 Å². The third kappa shape index (κ3) is 6.51. The number of allylic oxidation sites excluding steroid dienone is 17. The van der Waals surface area contributed by atoms with Gasteiger partial charge in [0, 0.05) is 29.7 Å². The molecule has 0 N–H and O–H groups in total. The Morgan fingerprint density at radius 2 is 1.63 bits per heavy atom.